The highest BCUT2D eigenvalue weighted by Crippen LogP contribution is 2.37. The molecule has 0 spiro atoms. The van der Waals surface area contributed by atoms with Crippen LogP contribution >= 0.6 is 0 Å². The number of ether oxygens (including phenoxy) is 2. The molecular formula is C27H20N8O3. The molecule has 6 heterocycles. The SMILES string of the molecule is CCC(=O)Nc1cncc(-c2ccc3[nH]nc(-c4nc5c(-c6ccc7c(c6)OCO7)nccc5[nH]4)c3n2)c1. The van der Waals surface area contributed by atoms with Crippen molar-refractivity contribution in [2.24, 2.45) is 0 Å². The fraction of sp³-hybridized carbons (Fsp3) is 0.111. The maximum absolute atomic E-state index is 11.8. The molecule has 3 N–H and O–H groups in total. The van der Waals surface area contributed by atoms with Crippen molar-refractivity contribution in [3.05, 3.63) is 61.1 Å². The number of hydrogen-bond acceptors (Lipinski definition) is 8. The molecular weight excluding hydrogens is 484 g/mol. The van der Waals surface area contributed by atoms with Crippen molar-refractivity contribution in [3.63, 3.8) is 0 Å². The Kier molecular flexibility index (Phi) is 5.00. The lowest BCUT2D eigenvalue weighted by molar-refractivity contribution is -0.115. The third-order valence-corrected chi connectivity index (χ3v) is 6.32. The predicted octanol–water partition coefficient (Wildman–Crippen LogP) is 4.70. The molecule has 1 amide bonds. The molecule has 38 heavy (non-hydrogen) atoms. The summed E-state index contributed by atoms with van der Waals surface area (Å²) in [5.74, 6) is 1.87. The number of aromatic nitrogens is 7. The molecule has 1 aliphatic rings. The number of benzene rings is 1. The molecule has 1 aromatic carbocycles. The lowest BCUT2D eigenvalue weighted by Crippen LogP contribution is -2.09. The highest BCUT2D eigenvalue weighted by Gasteiger charge is 2.19. The van der Waals surface area contributed by atoms with Crippen LogP contribution in [0.5, 0.6) is 11.5 Å². The summed E-state index contributed by atoms with van der Waals surface area (Å²) in [5.41, 5.74) is 7.19. The minimum atomic E-state index is -0.0797. The zero-order chi connectivity index (χ0) is 25.6. The highest BCUT2D eigenvalue weighted by molar-refractivity contribution is 5.95. The van der Waals surface area contributed by atoms with Crippen molar-refractivity contribution in [2.75, 3.05) is 12.1 Å². The first-order valence-corrected chi connectivity index (χ1v) is 12.0. The number of pyridine rings is 3. The number of nitrogens with zero attached hydrogens (tertiary/aromatic N) is 5. The Hall–Kier alpha value is -5.32. The van der Waals surface area contributed by atoms with E-state index in [2.05, 4.69) is 30.5 Å². The number of anilines is 1. The third-order valence-electron chi connectivity index (χ3n) is 6.32. The Labute approximate surface area is 215 Å². The predicted molar refractivity (Wildman–Crippen MR) is 140 cm³/mol. The van der Waals surface area contributed by atoms with E-state index in [1.165, 1.54) is 0 Å². The van der Waals surface area contributed by atoms with Crippen molar-refractivity contribution in [3.8, 4) is 45.5 Å². The molecule has 6 aromatic rings. The summed E-state index contributed by atoms with van der Waals surface area (Å²) in [6.07, 6.45) is 5.44. The third kappa shape index (κ3) is 3.68. The average molecular weight is 505 g/mol. The Morgan fingerprint density at radius 2 is 1.84 bits per heavy atom. The van der Waals surface area contributed by atoms with Gasteiger partial charge in [0.05, 0.1) is 34.3 Å². The number of rotatable bonds is 5. The summed E-state index contributed by atoms with van der Waals surface area (Å²) in [5, 5.41) is 10.4. The minimum absolute atomic E-state index is 0.0797. The number of nitrogens with one attached hydrogen (secondary N) is 3. The molecule has 0 bridgehead atoms. The number of fused-ring (bicyclic) bond motifs is 3. The topological polar surface area (TPSA) is 144 Å². The summed E-state index contributed by atoms with van der Waals surface area (Å²) >= 11 is 0. The first kappa shape index (κ1) is 21.9. The van der Waals surface area contributed by atoms with Crippen LogP contribution in [0.15, 0.2) is 61.1 Å². The van der Waals surface area contributed by atoms with E-state index < -0.39 is 0 Å². The van der Waals surface area contributed by atoms with Gasteiger partial charge in [0.15, 0.2) is 23.0 Å². The summed E-state index contributed by atoms with van der Waals surface area (Å²) in [7, 11) is 0. The smallest absolute Gasteiger partial charge is 0.231 e. The monoisotopic (exact) mass is 504 g/mol. The van der Waals surface area contributed by atoms with E-state index >= 15 is 0 Å². The molecule has 0 saturated carbocycles. The molecule has 1 aliphatic heterocycles. The normalized spacial score (nSPS) is 12.3. The molecule has 0 aliphatic carbocycles. The summed E-state index contributed by atoms with van der Waals surface area (Å²) in [6.45, 7) is 2.01. The van der Waals surface area contributed by atoms with E-state index in [9.17, 15) is 4.79 Å². The van der Waals surface area contributed by atoms with Crippen molar-refractivity contribution in [1.82, 2.24) is 35.1 Å². The number of carbonyl (C=O) groups excluding carboxylic acids is 1. The average Bonchev–Trinajstić information content (AvgIpc) is 3.69. The van der Waals surface area contributed by atoms with Gasteiger partial charge in [-0.3, -0.25) is 19.9 Å². The summed E-state index contributed by atoms with van der Waals surface area (Å²) < 4.78 is 11.0. The maximum atomic E-state index is 11.8. The van der Waals surface area contributed by atoms with Crippen LogP contribution in [0.4, 0.5) is 5.69 Å². The standard InChI is InChI=1S/C27H20N8O3/c1-2-22(36)30-16-9-15(11-28-12-16)17-4-5-19-25(31-17)26(35-34-19)27-32-18-7-8-29-23(24(18)33-27)14-3-6-20-21(10-14)38-13-37-20/h3-12H,2,13H2,1H3,(H,30,36)(H,32,33)(H,34,35). The van der Waals surface area contributed by atoms with Gasteiger partial charge < -0.3 is 19.8 Å². The summed E-state index contributed by atoms with van der Waals surface area (Å²) in [6, 6.07) is 13.2. The molecule has 7 rings (SSSR count). The van der Waals surface area contributed by atoms with Gasteiger partial charge in [-0.05, 0) is 42.5 Å². The largest absolute Gasteiger partial charge is 0.454 e. The fourth-order valence-electron chi connectivity index (χ4n) is 4.43. The number of hydrogen-bond donors (Lipinski definition) is 3. The zero-order valence-corrected chi connectivity index (χ0v) is 20.1. The van der Waals surface area contributed by atoms with Gasteiger partial charge >= 0.3 is 0 Å². The van der Waals surface area contributed by atoms with Gasteiger partial charge in [0, 0.05) is 29.9 Å². The van der Waals surface area contributed by atoms with E-state index in [0.717, 1.165) is 22.2 Å². The first-order valence-electron chi connectivity index (χ1n) is 12.0. The van der Waals surface area contributed by atoms with Gasteiger partial charge in [0.1, 0.15) is 11.0 Å². The minimum Gasteiger partial charge on any atom is -0.454 e. The van der Waals surface area contributed by atoms with Crippen LogP contribution in [-0.2, 0) is 4.79 Å². The summed E-state index contributed by atoms with van der Waals surface area (Å²) in [4.78, 5) is 33.7. The van der Waals surface area contributed by atoms with Crippen LogP contribution in [0.2, 0.25) is 0 Å². The lowest BCUT2D eigenvalue weighted by atomic mass is 10.1. The van der Waals surface area contributed by atoms with Gasteiger partial charge in [-0.15, -0.1) is 0 Å². The Balaban J connectivity index is 1.29. The molecule has 11 nitrogen and oxygen atoms in total. The van der Waals surface area contributed by atoms with Crippen LogP contribution in [0.25, 0.3) is 56.1 Å². The van der Waals surface area contributed by atoms with Crippen LogP contribution in [-0.4, -0.2) is 47.8 Å². The second kappa shape index (κ2) is 8.66. The van der Waals surface area contributed by atoms with Crippen LogP contribution in [0, 0.1) is 0 Å². The fourth-order valence-corrected chi connectivity index (χ4v) is 4.43. The quantitative estimate of drug-likeness (QED) is 0.306. The molecule has 5 aromatic heterocycles. The van der Waals surface area contributed by atoms with E-state index in [0.29, 0.717) is 57.5 Å². The van der Waals surface area contributed by atoms with Crippen LogP contribution in [0.3, 0.4) is 0 Å². The lowest BCUT2D eigenvalue weighted by Gasteiger charge is -2.06. The van der Waals surface area contributed by atoms with Gasteiger partial charge in [0.2, 0.25) is 12.7 Å². The number of H-pyrrole nitrogens is 2. The molecule has 0 radical (unpaired) electrons. The first-order chi connectivity index (χ1) is 18.7. The van der Waals surface area contributed by atoms with Crippen LogP contribution < -0.4 is 14.8 Å². The molecule has 0 unspecified atom stereocenters. The number of amides is 1. The van der Waals surface area contributed by atoms with Crippen molar-refractivity contribution in [1.29, 1.82) is 0 Å². The van der Waals surface area contributed by atoms with Crippen molar-refractivity contribution >= 4 is 33.7 Å². The molecule has 0 atom stereocenters. The van der Waals surface area contributed by atoms with Gasteiger partial charge in [-0.1, -0.05) is 6.92 Å². The number of imidazole rings is 1. The Morgan fingerprint density at radius 1 is 0.947 bits per heavy atom. The van der Waals surface area contributed by atoms with Crippen molar-refractivity contribution < 1.29 is 14.3 Å². The van der Waals surface area contributed by atoms with Gasteiger partial charge in [-0.2, -0.15) is 5.10 Å². The Bertz CT molecular complexity index is 1860. The Morgan fingerprint density at radius 3 is 2.76 bits per heavy atom. The van der Waals surface area contributed by atoms with E-state index in [-0.39, 0.29) is 12.7 Å². The maximum Gasteiger partial charge on any atom is 0.231 e. The van der Waals surface area contributed by atoms with E-state index in [4.69, 9.17) is 19.4 Å². The van der Waals surface area contributed by atoms with E-state index in [1.54, 1.807) is 25.5 Å². The highest BCUT2D eigenvalue weighted by atomic mass is 16.7. The van der Waals surface area contributed by atoms with Gasteiger partial charge in [-0.25, -0.2) is 9.97 Å². The van der Waals surface area contributed by atoms with Crippen molar-refractivity contribution in [2.45, 2.75) is 13.3 Å². The molecule has 186 valence electrons. The molecule has 11 heteroatoms. The molecule has 0 saturated heterocycles. The second-order valence-electron chi connectivity index (χ2n) is 8.74. The van der Waals surface area contributed by atoms with Crippen LogP contribution in [0.1, 0.15) is 13.3 Å². The van der Waals surface area contributed by atoms with E-state index in [1.807, 2.05) is 42.5 Å². The number of carbonyl (C=O) groups is 1. The number of aromatic amines is 2. The molecule has 0 fully saturated rings. The van der Waals surface area contributed by atoms with Gasteiger partial charge in [0.25, 0.3) is 0 Å². The zero-order valence-electron chi connectivity index (χ0n) is 20.1. The second-order valence-corrected chi connectivity index (χ2v) is 8.74.